The maximum Gasteiger partial charge on any atom is 0.263 e. The molecule has 0 radical (unpaired) electrons. The fourth-order valence-electron chi connectivity index (χ4n) is 2.79. The third-order valence-electron chi connectivity index (χ3n) is 4.45. The van der Waals surface area contributed by atoms with E-state index in [2.05, 4.69) is 17.5 Å². The molecule has 0 aliphatic rings. The molecule has 2 rings (SSSR count). The predicted octanol–water partition coefficient (Wildman–Crippen LogP) is 3.18. The van der Waals surface area contributed by atoms with Crippen LogP contribution in [0.1, 0.15) is 32.3 Å². The average molecular weight is 448 g/mol. The maximum atomic E-state index is 12.5. The number of hydrogen-bond donors (Lipinski definition) is 1. The highest BCUT2D eigenvalue weighted by Crippen LogP contribution is 2.23. The van der Waals surface area contributed by atoms with E-state index in [-0.39, 0.29) is 0 Å². The summed E-state index contributed by atoms with van der Waals surface area (Å²) in [6.45, 7) is 4.27. The third kappa shape index (κ3) is 7.29. The summed E-state index contributed by atoms with van der Waals surface area (Å²) in [6.07, 6.45) is 4.60. The summed E-state index contributed by atoms with van der Waals surface area (Å²) in [6, 6.07) is 12.7. The van der Waals surface area contributed by atoms with Crippen LogP contribution in [0.15, 0.2) is 53.6 Å². The number of benzene rings is 2. The highest BCUT2D eigenvalue weighted by Gasteiger charge is 2.29. The monoisotopic (exact) mass is 447 g/mol. The van der Waals surface area contributed by atoms with E-state index in [1.165, 1.54) is 20.2 Å². The Balaban J connectivity index is 2.03. The van der Waals surface area contributed by atoms with E-state index in [4.69, 9.17) is 9.47 Å². The van der Waals surface area contributed by atoms with Crippen molar-refractivity contribution in [3.63, 3.8) is 0 Å². The first kappa shape index (κ1) is 24.2. The molecule has 0 aromatic heterocycles. The van der Waals surface area contributed by atoms with E-state index in [0.717, 1.165) is 34.7 Å². The van der Waals surface area contributed by atoms with Crippen molar-refractivity contribution in [1.82, 2.24) is 5.43 Å². The molecule has 1 N–H and O–H groups in total. The van der Waals surface area contributed by atoms with Gasteiger partial charge in [0.2, 0.25) is 10.0 Å². The minimum atomic E-state index is -3.71. The van der Waals surface area contributed by atoms with Gasteiger partial charge in [-0.15, -0.1) is 0 Å². The number of methoxy groups -OCH3 is 1. The summed E-state index contributed by atoms with van der Waals surface area (Å²) in [5, 5.41) is 3.95. The van der Waals surface area contributed by atoms with Crippen molar-refractivity contribution in [2.45, 2.75) is 32.7 Å². The van der Waals surface area contributed by atoms with Crippen LogP contribution in [0.2, 0.25) is 0 Å². The van der Waals surface area contributed by atoms with Crippen LogP contribution >= 0.6 is 0 Å². The van der Waals surface area contributed by atoms with Gasteiger partial charge in [-0.2, -0.15) is 5.10 Å². The highest BCUT2D eigenvalue weighted by molar-refractivity contribution is 7.92. The number of amides is 1. The Morgan fingerprint density at radius 3 is 2.29 bits per heavy atom. The van der Waals surface area contributed by atoms with Crippen LogP contribution in [0.3, 0.4) is 0 Å². The molecule has 2 aromatic rings. The molecule has 31 heavy (non-hydrogen) atoms. The van der Waals surface area contributed by atoms with Crippen molar-refractivity contribution in [2.24, 2.45) is 5.10 Å². The first-order valence-corrected chi connectivity index (χ1v) is 11.8. The van der Waals surface area contributed by atoms with Crippen LogP contribution in [-0.4, -0.2) is 46.6 Å². The lowest BCUT2D eigenvalue weighted by atomic mass is 10.2. The molecule has 0 aliphatic heterocycles. The number of hydrazone groups is 1. The molecule has 0 saturated heterocycles. The number of carbonyl (C=O) groups is 1. The molecule has 1 amide bonds. The van der Waals surface area contributed by atoms with Crippen molar-refractivity contribution < 1.29 is 22.7 Å². The van der Waals surface area contributed by atoms with E-state index in [0.29, 0.717) is 18.0 Å². The lowest BCUT2D eigenvalue weighted by Crippen LogP contribution is -2.46. The predicted molar refractivity (Wildman–Crippen MR) is 122 cm³/mol. The van der Waals surface area contributed by atoms with E-state index < -0.39 is 22.0 Å². The van der Waals surface area contributed by atoms with Gasteiger partial charge in [0.05, 0.1) is 31.9 Å². The summed E-state index contributed by atoms with van der Waals surface area (Å²) in [4.78, 5) is 12.5. The Morgan fingerprint density at radius 2 is 1.74 bits per heavy atom. The van der Waals surface area contributed by atoms with Crippen molar-refractivity contribution in [2.75, 3.05) is 24.3 Å². The van der Waals surface area contributed by atoms with Gasteiger partial charge in [-0.05, 0) is 67.4 Å². The second kappa shape index (κ2) is 11.4. The molecule has 0 spiro atoms. The fraction of sp³-hybridized carbons (Fsp3) is 0.364. The number of anilines is 1. The van der Waals surface area contributed by atoms with Crippen LogP contribution < -0.4 is 19.2 Å². The van der Waals surface area contributed by atoms with Gasteiger partial charge in [0.1, 0.15) is 17.5 Å². The molecule has 2 aromatic carbocycles. The Morgan fingerprint density at radius 1 is 1.13 bits per heavy atom. The van der Waals surface area contributed by atoms with E-state index >= 15 is 0 Å². The number of nitrogens with zero attached hydrogens (tertiary/aromatic N) is 2. The fourth-order valence-corrected chi connectivity index (χ4v) is 3.96. The quantitative estimate of drug-likeness (QED) is 0.324. The molecular weight excluding hydrogens is 418 g/mol. The number of hydrogen-bond acceptors (Lipinski definition) is 6. The van der Waals surface area contributed by atoms with E-state index in [1.54, 1.807) is 24.3 Å². The van der Waals surface area contributed by atoms with Crippen LogP contribution in [0, 0.1) is 0 Å². The molecule has 9 heteroatoms. The molecule has 1 atom stereocenters. The van der Waals surface area contributed by atoms with E-state index in [1.807, 2.05) is 24.3 Å². The van der Waals surface area contributed by atoms with Gasteiger partial charge < -0.3 is 9.47 Å². The molecule has 0 saturated carbocycles. The Hall–Kier alpha value is -3.07. The van der Waals surface area contributed by atoms with Crippen LogP contribution in [-0.2, 0) is 14.8 Å². The average Bonchev–Trinajstić information content (AvgIpc) is 2.74. The topological polar surface area (TPSA) is 97.3 Å². The summed E-state index contributed by atoms with van der Waals surface area (Å²) in [5.41, 5.74) is 3.53. The molecule has 168 valence electrons. The van der Waals surface area contributed by atoms with E-state index in [9.17, 15) is 13.2 Å². The number of nitrogens with one attached hydrogen (secondary N) is 1. The molecular formula is C22H29N3O5S. The standard InChI is InChI=1S/C22H29N3O5S/c1-5-6-15-30-21-11-7-18(8-12-21)16-23-24-22(26)17(2)25(31(4,27)28)19-9-13-20(29-3)14-10-19/h7-14,16-17H,5-6,15H2,1-4H3,(H,24,26)/b23-16-/t17-/m1/s1. The van der Waals surface area contributed by atoms with Crippen LogP contribution in [0.5, 0.6) is 11.5 Å². The number of sulfonamides is 1. The van der Waals surface area contributed by atoms with Crippen molar-refractivity contribution >= 4 is 27.8 Å². The largest absolute Gasteiger partial charge is 0.497 e. The van der Waals surface area contributed by atoms with Crippen LogP contribution in [0.4, 0.5) is 5.69 Å². The van der Waals surface area contributed by atoms with Crippen molar-refractivity contribution in [3.05, 3.63) is 54.1 Å². The van der Waals surface area contributed by atoms with Crippen LogP contribution in [0.25, 0.3) is 0 Å². The summed E-state index contributed by atoms with van der Waals surface area (Å²) in [7, 11) is -2.19. The minimum Gasteiger partial charge on any atom is -0.497 e. The maximum absolute atomic E-state index is 12.5. The SMILES string of the molecule is CCCCOc1ccc(/C=N\NC(=O)[C@@H](C)N(c2ccc(OC)cc2)S(C)(=O)=O)cc1. The molecule has 8 nitrogen and oxygen atoms in total. The molecule has 0 unspecified atom stereocenters. The molecule has 0 fully saturated rings. The summed E-state index contributed by atoms with van der Waals surface area (Å²) < 4.78 is 36.4. The van der Waals surface area contributed by atoms with Gasteiger partial charge in [0.15, 0.2) is 0 Å². The molecule has 0 aliphatic carbocycles. The Labute approximate surface area is 183 Å². The van der Waals surface area contributed by atoms with Crippen molar-refractivity contribution in [3.8, 4) is 11.5 Å². The second-order valence-electron chi connectivity index (χ2n) is 6.94. The normalized spacial score (nSPS) is 12.4. The number of ether oxygens (including phenoxy) is 2. The first-order chi connectivity index (χ1) is 14.8. The zero-order chi connectivity index (χ0) is 22.9. The Bertz CT molecular complexity index is 973. The van der Waals surface area contributed by atoms with Crippen molar-refractivity contribution in [1.29, 1.82) is 0 Å². The minimum absolute atomic E-state index is 0.355. The second-order valence-corrected chi connectivity index (χ2v) is 8.80. The summed E-state index contributed by atoms with van der Waals surface area (Å²) in [5.74, 6) is 0.796. The lowest BCUT2D eigenvalue weighted by molar-refractivity contribution is -0.121. The lowest BCUT2D eigenvalue weighted by Gasteiger charge is -2.27. The number of rotatable bonds is 11. The number of carbonyl (C=O) groups excluding carboxylic acids is 1. The smallest absolute Gasteiger partial charge is 0.263 e. The third-order valence-corrected chi connectivity index (χ3v) is 5.69. The molecule has 0 heterocycles. The van der Waals surface area contributed by atoms with Gasteiger partial charge >= 0.3 is 0 Å². The highest BCUT2D eigenvalue weighted by atomic mass is 32.2. The van der Waals surface area contributed by atoms with Gasteiger partial charge in [0.25, 0.3) is 5.91 Å². The Kier molecular flexibility index (Phi) is 8.87. The van der Waals surface area contributed by atoms with Gasteiger partial charge in [0, 0.05) is 0 Å². The van der Waals surface area contributed by atoms with Gasteiger partial charge in [-0.1, -0.05) is 13.3 Å². The number of unbranched alkanes of at least 4 members (excludes halogenated alkanes) is 1. The molecule has 0 bridgehead atoms. The first-order valence-electron chi connectivity index (χ1n) is 9.95. The zero-order valence-electron chi connectivity index (χ0n) is 18.2. The van der Waals surface area contributed by atoms with Gasteiger partial charge in [-0.3, -0.25) is 9.10 Å². The van der Waals surface area contributed by atoms with Gasteiger partial charge in [-0.25, -0.2) is 13.8 Å². The summed E-state index contributed by atoms with van der Waals surface area (Å²) >= 11 is 0. The zero-order valence-corrected chi connectivity index (χ0v) is 19.1.